The lowest BCUT2D eigenvalue weighted by atomic mass is 9.44. The third kappa shape index (κ3) is 2.22. The average molecular weight is 442 g/mol. The lowest BCUT2D eigenvalue weighted by Gasteiger charge is -2.66. The van der Waals surface area contributed by atoms with Gasteiger partial charge >= 0.3 is 0 Å². The number of aromatic hydroxyl groups is 1. The van der Waals surface area contributed by atoms with Gasteiger partial charge in [-0.2, -0.15) is 0 Å². The minimum atomic E-state index is -1.06. The number of halogens is 1. The molecule has 164 valence electrons. The van der Waals surface area contributed by atoms with Crippen molar-refractivity contribution in [2.75, 3.05) is 20.7 Å². The number of ether oxygens (including phenoxy) is 2. The Morgan fingerprint density at radius 2 is 1.97 bits per heavy atom. The van der Waals surface area contributed by atoms with Gasteiger partial charge in [0, 0.05) is 31.6 Å². The second kappa shape index (κ2) is 6.71. The summed E-state index contributed by atoms with van der Waals surface area (Å²) >= 11 is 0. The largest absolute Gasteiger partial charge is 0.504 e. The molecule has 2 aliphatic heterocycles. The highest BCUT2D eigenvalue weighted by atomic mass is 35.5. The SMILES string of the molecule is CO[C@@]12CCC(=O)[C@]3(Cc4ccccc4)Oc4c(O)ccc5c4[C@@]31CCN(C)[C@@H]2C5.Cl. The topological polar surface area (TPSA) is 59.0 Å². The second-order valence-electron chi connectivity index (χ2n) is 9.41. The van der Waals surface area contributed by atoms with Gasteiger partial charge in [-0.25, -0.2) is 0 Å². The summed E-state index contributed by atoms with van der Waals surface area (Å²) in [6, 6.07) is 14.0. The normalized spacial score (nSPS) is 35.2. The molecule has 6 rings (SSSR count). The van der Waals surface area contributed by atoms with Crippen molar-refractivity contribution in [2.45, 2.75) is 54.8 Å². The Hall–Kier alpha value is -2.08. The third-order valence-electron chi connectivity index (χ3n) is 8.50. The van der Waals surface area contributed by atoms with E-state index in [0.29, 0.717) is 25.0 Å². The molecular weight excluding hydrogens is 414 g/mol. The first-order valence-corrected chi connectivity index (χ1v) is 10.9. The van der Waals surface area contributed by atoms with Crippen molar-refractivity contribution < 1.29 is 19.4 Å². The molecule has 5 nitrogen and oxygen atoms in total. The molecular formula is C25H28ClNO4. The zero-order chi connectivity index (χ0) is 20.7. The van der Waals surface area contributed by atoms with Crippen LogP contribution in [0, 0.1) is 0 Å². The molecule has 2 fully saturated rings. The van der Waals surface area contributed by atoms with Crippen LogP contribution in [0.5, 0.6) is 11.5 Å². The molecule has 2 aliphatic carbocycles. The molecule has 0 amide bonds. The summed E-state index contributed by atoms with van der Waals surface area (Å²) in [6.45, 7) is 0.873. The van der Waals surface area contributed by atoms with Crippen LogP contribution in [0.2, 0.25) is 0 Å². The molecule has 4 aliphatic rings. The molecule has 2 bridgehead atoms. The van der Waals surface area contributed by atoms with E-state index in [1.807, 2.05) is 24.3 Å². The van der Waals surface area contributed by atoms with Gasteiger partial charge in [0.25, 0.3) is 0 Å². The van der Waals surface area contributed by atoms with E-state index in [1.54, 1.807) is 13.2 Å². The Balaban J connectivity index is 0.00000204. The summed E-state index contributed by atoms with van der Waals surface area (Å²) in [5.41, 5.74) is 1.10. The fourth-order valence-electron chi connectivity index (χ4n) is 7.34. The number of hydrogen-bond donors (Lipinski definition) is 1. The van der Waals surface area contributed by atoms with Gasteiger partial charge in [-0.1, -0.05) is 36.4 Å². The number of ketones is 1. The van der Waals surface area contributed by atoms with Gasteiger partial charge < -0.3 is 19.5 Å². The number of likely N-dealkylation sites (tertiary alicyclic amines) is 1. The summed E-state index contributed by atoms with van der Waals surface area (Å²) in [7, 11) is 3.96. The van der Waals surface area contributed by atoms with Gasteiger partial charge in [-0.15, -0.1) is 12.4 Å². The van der Waals surface area contributed by atoms with E-state index in [1.165, 1.54) is 5.56 Å². The number of benzene rings is 2. The number of hydrogen-bond acceptors (Lipinski definition) is 5. The van der Waals surface area contributed by atoms with Gasteiger partial charge in [0.15, 0.2) is 22.9 Å². The van der Waals surface area contributed by atoms with Crippen LogP contribution in [-0.2, 0) is 27.8 Å². The van der Waals surface area contributed by atoms with Crippen LogP contribution in [0.3, 0.4) is 0 Å². The minimum Gasteiger partial charge on any atom is -0.504 e. The summed E-state index contributed by atoms with van der Waals surface area (Å²) < 4.78 is 13.1. The molecule has 4 atom stereocenters. The van der Waals surface area contributed by atoms with E-state index >= 15 is 0 Å². The van der Waals surface area contributed by atoms with E-state index in [9.17, 15) is 9.90 Å². The monoisotopic (exact) mass is 441 g/mol. The smallest absolute Gasteiger partial charge is 0.183 e. The highest BCUT2D eigenvalue weighted by Gasteiger charge is 2.79. The fraction of sp³-hybridized carbons (Fsp3) is 0.480. The Bertz CT molecular complexity index is 1060. The Kier molecular flexibility index (Phi) is 4.50. The Morgan fingerprint density at radius 1 is 1.19 bits per heavy atom. The van der Waals surface area contributed by atoms with Crippen molar-refractivity contribution in [3.05, 3.63) is 59.2 Å². The number of methoxy groups -OCH3 is 1. The van der Waals surface area contributed by atoms with Crippen LogP contribution in [0.4, 0.5) is 0 Å². The minimum absolute atomic E-state index is 0. The highest BCUT2D eigenvalue weighted by molar-refractivity contribution is 5.94. The van der Waals surface area contributed by atoms with Gasteiger partial charge in [-0.3, -0.25) is 4.79 Å². The number of nitrogens with zero attached hydrogens (tertiary/aromatic N) is 1. The second-order valence-corrected chi connectivity index (χ2v) is 9.41. The predicted molar refractivity (Wildman–Crippen MR) is 119 cm³/mol. The fourth-order valence-corrected chi connectivity index (χ4v) is 7.34. The first kappa shape index (κ1) is 20.8. The zero-order valence-corrected chi connectivity index (χ0v) is 18.7. The summed E-state index contributed by atoms with van der Waals surface area (Å²) in [5.74, 6) is 0.758. The summed E-state index contributed by atoms with van der Waals surface area (Å²) in [6.07, 6.45) is 3.22. The summed E-state index contributed by atoms with van der Waals surface area (Å²) in [5, 5.41) is 10.8. The van der Waals surface area contributed by atoms with Crippen LogP contribution in [0.1, 0.15) is 36.0 Å². The number of phenols is 1. The molecule has 0 radical (unpaired) electrons. The molecule has 6 heteroatoms. The quantitative estimate of drug-likeness (QED) is 0.790. The first-order chi connectivity index (χ1) is 14.5. The van der Waals surface area contributed by atoms with Crippen LogP contribution >= 0.6 is 12.4 Å². The van der Waals surface area contributed by atoms with E-state index in [2.05, 4.69) is 24.1 Å². The molecule has 1 saturated heterocycles. The van der Waals surface area contributed by atoms with Crippen LogP contribution in [0.25, 0.3) is 0 Å². The third-order valence-corrected chi connectivity index (χ3v) is 8.50. The van der Waals surface area contributed by atoms with Crippen molar-refractivity contribution >= 4 is 18.2 Å². The molecule has 31 heavy (non-hydrogen) atoms. The molecule has 1 N–H and O–H groups in total. The Labute approximate surface area is 188 Å². The number of rotatable bonds is 3. The van der Waals surface area contributed by atoms with Crippen LogP contribution in [-0.4, -0.2) is 53.7 Å². The first-order valence-electron chi connectivity index (χ1n) is 10.9. The molecule has 0 unspecified atom stereocenters. The van der Waals surface area contributed by atoms with Crippen molar-refractivity contribution in [2.24, 2.45) is 0 Å². The standard InChI is InChI=1S/C25H27NO4.ClH/c1-26-13-12-23-21-17-8-9-18(27)22(21)30-25(23,15-16-6-4-3-5-7-16)20(28)10-11-24(23,29-2)19(26)14-17;/h3-9,19,27H,10-15H2,1-2H3;1H/t19-,23-,24-,25+;/m1./s1. The van der Waals surface area contributed by atoms with Gasteiger partial charge in [0.1, 0.15) is 0 Å². The molecule has 1 saturated carbocycles. The van der Waals surface area contributed by atoms with Gasteiger partial charge in [-0.05, 0) is 50.0 Å². The predicted octanol–water partition coefficient (Wildman–Crippen LogP) is 3.43. The average Bonchev–Trinajstić information content (AvgIpc) is 3.06. The van der Waals surface area contributed by atoms with Crippen LogP contribution < -0.4 is 4.74 Å². The Morgan fingerprint density at radius 3 is 2.71 bits per heavy atom. The highest BCUT2D eigenvalue weighted by Crippen LogP contribution is 2.69. The zero-order valence-electron chi connectivity index (χ0n) is 17.9. The van der Waals surface area contributed by atoms with Crippen molar-refractivity contribution in [1.82, 2.24) is 4.90 Å². The lowest BCUT2D eigenvalue weighted by Crippen LogP contribution is -2.81. The van der Waals surface area contributed by atoms with E-state index < -0.39 is 16.6 Å². The van der Waals surface area contributed by atoms with Crippen molar-refractivity contribution in [3.8, 4) is 11.5 Å². The molecule has 2 heterocycles. The number of piperidine rings is 1. The van der Waals surface area contributed by atoms with E-state index in [-0.39, 0.29) is 30.0 Å². The number of Topliss-reactive ketones (excluding diaryl/α,β-unsaturated/α-hetero) is 1. The molecule has 2 aromatic rings. The number of likely N-dealkylation sites (N-methyl/N-ethyl adjacent to an activating group) is 1. The van der Waals surface area contributed by atoms with Crippen LogP contribution in [0.15, 0.2) is 42.5 Å². The number of phenolic OH excluding ortho intramolecular Hbond substituents is 1. The van der Waals surface area contributed by atoms with Crippen molar-refractivity contribution in [1.29, 1.82) is 0 Å². The lowest BCUT2D eigenvalue weighted by molar-refractivity contribution is -0.221. The maximum atomic E-state index is 13.8. The van der Waals surface area contributed by atoms with E-state index in [4.69, 9.17) is 9.47 Å². The van der Waals surface area contributed by atoms with E-state index in [0.717, 1.165) is 30.5 Å². The number of carbonyl (C=O) groups excluding carboxylic acids is 1. The molecule has 1 spiro atoms. The summed E-state index contributed by atoms with van der Waals surface area (Å²) in [4.78, 5) is 16.2. The molecule has 0 aromatic heterocycles. The number of carbonyl (C=O) groups is 1. The maximum absolute atomic E-state index is 13.8. The van der Waals surface area contributed by atoms with Gasteiger partial charge in [0.2, 0.25) is 0 Å². The van der Waals surface area contributed by atoms with Crippen molar-refractivity contribution in [3.63, 3.8) is 0 Å². The maximum Gasteiger partial charge on any atom is 0.183 e. The van der Waals surface area contributed by atoms with Gasteiger partial charge in [0.05, 0.1) is 11.0 Å². The molecule has 2 aromatic carbocycles.